The summed E-state index contributed by atoms with van der Waals surface area (Å²) in [6.45, 7) is 0. The average molecular weight is 156 g/mol. The summed E-state index contributed by atoms with van der Waals surface area (Å²) in [7, 11) is 0. The smallest absolute Gasteiger partial charge is 0.393 e. The van der Waals surface area contributed by atoms with Gasteiger partial charge in [-0.05, 0) is 12.1 Å². The molecule has 0 aliphatic rings. The Kier molecular flexibility index (Phi) is 2.43. The highest BCUT2D eigenvalue weighted by atomic mass is 19.3. The number of halogens is 1. The Balaban J connectivity index is 2.58. The first-order valence-corrected chi connectivity index (χ1v) is 2.88. The Labute approximate surface area is 62.3 Å². The Morgan fingerprint density at radius 2 is 1.91 bits per heavy atom. The van der Waals surface area contributed by atoms with Gasteiger partial charge in [-0.2, -0.15) is 4.79 Å². The topological polar surface area (TPSA) is 35.5 Å². The summed E-state index contributed by atoms with van der Waals surface area (Å²) in [6, 6.07) is 8.07. The molecule has 0 bridgehead atoms. The number of rotatable bonds is 1. The summed E-state index contributed by atoms with van der Waals surface area (Å²) in [5, 5.41) is 0. The molecule has 3 nitrogen and oxygen atoms in total. The van der Waals surface area contributed by atoms with Crippen molar-refractivity contribution in [1.29, 1.82) is 0 Å². The van der Waals surface area contributed by atoms with Crippen LogP contribution in [0.3, 0.4) is 0 Å². The predicted octanol–water partition coefficient (Wildman–Crippen LogP) is 2.09. The van der Waals surface area contributed by atoms with Gasteiger partial charge in [0.25, 0.3) is 0 Å². The van der Waals surface area contributed by atoms with E-state index in [0.717, 1.165) is 0 Å². The fourth-order valence-corrected chi connectivity index (χ4v) is 0.601. The maximum Gasteiger partial charge on any atom is 0.550 e. The van der Waals surface area contributed by atoms with Gasteiger partial charge in [0.05, 0.1) is 0 Å². The van der Waals surface area contributed by atoms with Crippen molar-refractivity contribution in [3.63, 3.8) is 0 Å². The summed E-state index contributed by atoms with van der Waals surface area (Å²) in [5.41, 5.74) is 0. The summed E-state index contributed by atoms with van der Waals surface area (Å²) in [4.78, 5) is 13.0. The molecule has 0 atom stereocenters. The van der Waals surface area contributed by atoms with E-state index >= 15 is 0 Å². The number of hydrogen-bond acceptors (Lipinski definition) is 3. The lowest BCUT2D eigenvalue weighted by Gasteiger charge is -1.96. The van der Waals surface area contributed by atoms with Crippen LogP contribution in [0.15, 0.2) is 30.3 Å². The minimum Gasteiger partial charge on any atom is -0.393 e. The Morgan fingerprint density at radius 1 is 1.27 bits per heavy atom. The van der Waals surface area contributed by atoms with Gasteiger partial charge in [0, 0.05) is 4.53 Å². The maximum atomic E-state index is 11.1. The third-order valence-corrected chi connectivity index (χ3v) is 1.01. The van der Waals surface area contributed by atoms with Crippen molar-refractivity contribution >= 4 is 6.16 Å². The number of ether oxygens (including phenoxy) is 1. The molecule has 0 fully saturated rings. The largest absolute Gasteiger partial charge is 0.550 e. The summed E-state index contributed by atoms with van der Waals surface area (Å²) >= 11 is 0. The van der Waals surface area contributed by atoms with Crippen LogP contribution in [0.5, 0.6) is 5.75 Å². The van der Waals surface area contributed by atoms with Crippen LogP contribution < -0.4 is 4.74 Å². The van der Waals surface area contributed by atoms with Crippen LogP contribution in [0.1, 0.15) is 0 Å². The first-order chi connectivity index (χ1) is 5.33. The van der Waals surface area contributed by atoms with Crippen molar-refractivity contribution in [3.05, 3.63) is 30.3 Å². The molecule has 1 aromatic carbocycles. The quantitative estimate of drug-likeness (QED) is 0.461. The van der Waals surface area contributed by atoms with Gasteiger partial charge in [0.15, 0.2) is 0 Å². The molecule has 11 heavy (non-hydrogen) atoms. The van der Waals surface area contributed by atoms with Crippen LogP contribution in [0.25, 0.3) is 0 Å². The molecule has 0 N–H and O–H groups in total. The molecule has 0 amide bonds. The van der Waals surface area contributed by atoms with Gasteiger partial charge in [-0.3, -0.25) is 0 Å². The Morgan fingerprint density at radius 3 is 2.45 bits per heavy atom. The number of hydrogen-bond donors (Lipinski definition) is 0. The van der Waals surface area contributed by atoms with E-state index in [1.165, 1.54) is 12.1 Å². The van der Waals surface area contributed by atoms with Gasteiger partial charge in [-0.1, -0.05) is 18.2 Å². The predicted molar refractivity (Wildman–Crippen MR) is 34.7 cm³/mol. The van der Waals surface area contributed by atoms with Gasteiger partial charge in [-0.15, -0.1) is 0 Å². The molecule has 4 heteroatoms. The highest BCUT2D eigenvalue weighted by molar-refractivity contribution is 5.62. The van der Waals surface area contributed by atoms with E-state index in [2.05, 4.69) is 9.68 Å². The van der Waals surface area contributed by atoms with Crippen LogP contribution in [-0.4, -0.2) is 6.16 Å². The van der Waals surface area contributed by atoms with Crippen molar-refractivity contribution in [2.45, 2.75) is 0 Å². The fraction of sp³-hybridized carbons (Fsp3) is 0. The second-order valence-corrected chi connectivity index (χ2v) is 1.74. The molecule has 0 spiro atoms. The zero-order valence-corrected chi connectivity index (χ0v) is 5.49. The first kappa shape index (κ1) is 7.53. The molecular weight excluding hydrogens is 151 g/mol. The highest BCUT2D eigenvalue weighted by Gasteiger charge is 2.03. The second kappa shape index (κ2) is 3.55. The summed E-state index contributed by atoms with van der Waals surface area (Å²) in [6.07, 6.45) is -1.36. The molecule has 0 radical (unpaired) electrons. The molecule has 0 unspecified atom stereocenters. The number of para-hydroxylation sites is 1. The summed E-state index contributed by atoms with van der Waals surface area (Å²) < 4.78 is 15.4. The monoisotopic (exact) mass is 156 g/mol. The van der Waals surface area contributed by atoms with E-state index in [4.69, 9.17) is 0 Å². The minimum absolute atomic E-state index is 0.246. The van der Waals surface area contributed by atoms with Gasteiger partial charge in [-0.25, -0.2) is 4.94 Å². The lowest BCUT2D eigenvalue weighted by Crippen LogP contribution is -2.04. The molecule has 0 heterocycles. The van der Waals surface area contributed by atoms with Gasteiger partial charge in [0.1, 0.15) is 5.75 Å². The van der Waals surface area contributed by atoms with E-state index in [1.54, 1.807) is 18.2 Å². The van der Waals surface area contributed by atoms with Crippen LogP contribution in [0.4, 0.5) is 9.32 Å². The van der Waals surface area contributed by atoms with Crippen molar-refractivity contribution < 1.29 is 19.0 Å². The second-order valence-electron chi connectivity index (χ2n) is 1.74. The Bertz CT molecular complexity index is 235. The molecule has 1 rings (SSSR count). The van der Waals surface area contributed by atoms with E-state index in [0.29, 0.717) is 0 Å². The van der Waals surface area contributed by atoms with Crippen molar-refractivity contribution in [1.82, 2.24) is 0 Å². The van der Waals surface area contributed by atoms with Gasteiger partial charge < -0.3 is 4.74 Å². The normalized spacial score (nSPS) is 8.82. The van der Waals surface area contributed by atoms with Crippen LogP contribution in [0, 0.1) is 0 Å². The number of carbonyl (C=O) groups is 1. The molecule has 0 aliphatic heterocycles. The number of benzene rings is 1. The third kappa shape index (κ3) is 2.25. The third-order valence-electron chi connectivity index (χ3n) is 1.01. The molecule has 1 aromatic rings. The number of carbonyl (C=O) groups excluding carboxylic acids is 1. The van der Waals surface area contributed by atoms with Crippen LogP contribution in [0.2, 0.25) is 0 Å². The Hall–Kier alpha value is -1.58. The lowest BCUT2D eigenvalue weighted by molar-refractivity contribution is -0.0842. The SMILES string of the molecule is O=C(OF)Oc1ccccc1. The average Bonchev–Trinajstić information content (AvgIpc) is 2.06. The molecule has 0 aromatic heterocycles. The zero-order chi connectivity index (χ0) is 8.10. The molecule has 0 saturated carbocycles. The van der Waals surface area contributed by atoms with E-state index in [1.807, 2.05) is 0 Å². The van der Waals surface area contributed by atoms with E-state index < -0.39 is 6.16 Å². The van der Waals surface area contributed by atoms with Crippen LogP contribution in [-0.2, 0) is 4.94 Å². The van der Waals surface area contributed by atoms with Crippen LogP contribution >= 0.6 is 0 Å². The van der Waals surface area contributed by atoms with Crippen molar-refractivity contribution in [2.75, 3.05) is 0 Å². The van der Waals surface area contributed by atoms with E-state index in [-0.39, 0.29) is 5.75 Å². The highest BCUT2D eigenvalue weighted by Crippen LogP contribution is 2.08. The van der Waals surface area contributed by atoms with Crippen molar-refractivity contribution in [3.8, 4) is 5.75 Å². The summed E-state index contributed by atoms with van der Waals surface area (Å²) in [5.74, 6) is 0.246. The van der Waals surface area contributed by atoms with Gasteiger partial charge in [0.2, 0.25) is 0 Å². The first-order valence-electron chi connectivity index (χ1n) is 2.88. The molecule has 0 saturated heterocycles. The molecular formula is C7H5FO3. The van der Waals surface area contributed by atoms with E-state index in [9.17, 15) is 9.32 Å². The zero-order valence-electron chi connectivity index (χ0n) is 5.49. The lowest BCUT2D eigenvalue weighted by atomic mass is 10.3. The molecule has 58 valence electrons. The maximum absolute atomic E-state index is 11.1. The standard InChI is InChI=1S/C7H5FO3/c8-11-7(9)10-6-4-2-1-3-5-6/h1-5H. The fourth-order valence-electron chi connectivity index (χ4n) is 0.601. The molecule has 0 aliphatic carbocycles. The van der Waals surface area contributed by atoms with Crippen molar-refractivity contribution in [2.24, 2.45) is 0 Å². The minimum atomic E-state index is -1.36. The van der Waals surface area contributed by atoms with Gasteiger partial charge >= 0.3 is 6.16 Å².